The molecule has 1 fully saturated rings. The van der Waals surface area contributed by atoms with Crippen LogP contribution in [0.4, 0.5) is 0 Å². The Kier molecular flexibility index (Phi) is 5.96. The van der Waals surface area contributed by atoms with Gasteiger partial charge < -0.3 is 15.2 Å². The number of amides is 2. The number of hydrogen-bond acceptors (Lipinski definition) is 4. The molecule has 28 heavy (non-hydrogen) atoms. The fraction of sp³-hybridized carbons (Fsp3) is 0.500. The summed E-state index contributed by atoms with van der Waals surface area (Å²) in [6.07, 6.45) is 7.33. The van der Waals surface area contributed by atoms with E-state index in [0.717, 1.165) is 36.9 Å². The molecule has 1 aliphatic rings. The van der Waals surface area contributed by atoms with Crippen molar-refractivity contribution >= 4 is 11.8 Å². The predicted molar refractivity (Wildman–Crippen MR) is 105 cm³/mol. The molecule has 0 bridgehead atoms. The summed E-state index contributed by atoms with van der Waals surface area (Å²) in [7, 11) is 1.84. The molecule has 0 aromatic carbocycles. The van der Waals surface area contributed by atoms with Crippen molar-refractivity contribution in [3.63, 3.8) is 0 Å². The molecule has 0 radical (unpaired) electrons. The monoisotopic (exact) mass is 385 g/mol. The molecule has 150 valence electrons. The lowest BCUT2D eigenvalue weighted by Gasteiger charge is -2.15. The van der Waals surface area contributed by atoms with E-state index in [1.54, 1.807) is 16.9 Å². The molecule has 2 amide bonds. The van der Waals surface area contributed by atoms with Crippen LogP contribution in [-0.2, 0) is 18.4 Å². The number of rotatable bonds is 6. The van der Waals surface area contributed by atoms with Gasteiger partial charge in [0.15, 0.2) is 0 Å². The lowest BCUT2D eigenvalue weighted by Crippen LogP contribution is -2.39. The number of carbonyl (C=O) groups excluding carboxylic acids is 2. The van der Waals surface area contributed by atoms with E-state index in [1.165, 1.54) is 16.8 Å². The highest BCUT2D eigenvalue weighted by molar-refractivity contribution is 5.94. The van der Waals surface area contributed by atoms with E-state index in [2.05, 4.69) is 15.7 Å². The maximum atomic E-state index is 12.6. The highest BCUT2D eigenvalue weighted by atomic mass is 16.2. The molecular weight excluding hydrogens is 358 g/mol. The Bertz CT molecular complexity index is 924. The highest BCUT2D eigenvalue weighted by Crippen LogP contribution is 2.18. The molecule has 1 aliphatic carbocycles. The quantitative estimate of drug-likeness (QED) is 0.786. The first-order chi connectivity index (χ1) is 13.4. The Balaban J connectivity index is 1.66. The summed E-state index contributed by atoms with van der Waals surface area (Å²) in [4.78, 5) is 37.5. The predicted octanol–water partition coefficient (Wildman–Crippen LogP) is 1.44. The lowest BCUT2D eigenvalue weighted by atomic mass is 10.1. The maximum absolute atomic E-state index is 12.6. The standard InChI is InChI=1S/C20H27N5O3/c1-13(17-11-21-24(3)14(17)2)22-18(26)12-25-10-6-9-16(20(25)28)19(27)23-15-7-4-5-8-15/h6,9-11,13,15H,4-5,7-8,12H2,1-3H3,(H,22,26)(H,23,27). The number of hydrogen-bond donors (Lipinski definition) is 2. The number of aromatic nitrogens is 3. The Morgan fingerprint density at radius 1 is 1.32 bits per heavy atom. The zero-order valence-corrected chi connectivity index (χ0v) is 16.6. The van der Waals surface area contributed by atoms with Crippen molar-refractivity contribution in [2.45, 2.75) is 58.2 Å². The van der Waals surface area contributed by atoms with Crippen LogP contribution < -0.4 is 16.2 Å². The molecule has 3 rings (SSSR count). The first-order valence-corrected chi connectivity index (χ1v) is 9.65. The van der Waals surface area contributed by atoms with Crippen LogP contribution in [0, 0.1) is 6.92 Å². The summed E-state index contributed by atoms with van der Waals surface area (Å²) in [6, 6.07) is 3.02. The van der Waals surface area contributed by atoms with Crippen molar-refractivity contribution in [1.82, 2.24) is 25.0 Å². The molecule has 2 aromatic rings. The fourth-order valence-electron chi connectivity index (χ4n) is 3.63. The molecule has 1 atom stereocenters. The van der Waals surface area contributed by atoms with Crippen molar-refractivity contribution < 1.29 is 9.59 Å². The summed E-state index contributed by atoms with van der Waals surface area (Å²) >= 11 is 0. The molecule has 0 spiro atoms. The van der Waals surface area contributed by atoms with Crippen molar-refractivity contribution in [2.75, 3.05) is 0 Å². The van der Waals surface area contributed by atoms with Crippen LogP contribution in [0.15, 0.2) is 29.3 Å². The van der Waals surface area contributed by atoms with Gasteiger partial charge in [-0.05, 0) is 38.8 Å². The maximum Gasteiger partial charge on any atom is 0.263 e. The second kappa shape index (κ2) is 8.41. The average molecular weight is 385 g/mol. The number of aryl methyl sites for hydroxylation is 1. The van der Waals surface area contributed by atoms with Gasteiger partial charge in [0.05, 0.1) is 12.2 Å². The molecule has 2 N–H and O–H groups in total. The zero-order valence-electron chi connectivity index (χ0n) is 16.6. The van der Waals surface area contributed by atoms with Gasteiger partial charge in [-0.15, -0.1) is 0 Å². The van der Waals surface area contributed by atoms with Gasteiger partial charge in [-0.3, -0.25) is 19.1 Å². The summed E-state index contributed by atoms with van der Waals surface area (Å²) in [5.74, 6) is -0.669. The van der Waals surface area contributed by atoms with Crippen LogP contribution in [-0.4, -0.2) is 32.2 Å². The van der Waals surface area contributed by atoms with E-state index in [1.807, 2.05) is 20.9 Å². The van der Waals surface area contributed by atoms with Gasteiger partial charge >= 0.3 is 0 Å². The number of nitrogens with zero attached hydrogens (tertiary/aromatic N) is 3. The summed E-state index contributed by atoms with van der Waals surface area (Å²) < 4.78 is 3.01. The van der Waals surface area contributed by atoms with Crippen molar-refractivity contribution in [1.29, 1.82) is 0 Å². The molecule has 8 nitrogen and oxygen atoms in total. The fourth-order valence-corrected chi connectivity index (χ4v) is 3.63. The minimum absolute atomic E-state index is 0.0679. The van der Waals surface area contributed by atoms with Crippen molar-refractivity contribution in [3.8, 4) is 0 Å². The summed E-state index contributed by atoms with van der Waals surface area (Å²) in [5.41, 5.74) is 1.50. The van der Waals surface area contributed by atoms with Crippen LogP contribution in [0.25, 0.3) is 0 Å². The van der Waals surface area contributed by atoms with E-state index < -0.39 is 5.56 Å². The van der Waals surface area contributed by atoms with Gasteiger partial charge in [0, 0.05) is 30.5 Å². The lowest BCUT2D eigenvalue weighted by molar-refractivity contribution is -0.122. The van der Waals surface area contributed by atoms with Gasteiger partial charge in [0.25, 0.3) is 11.5 Å². The number of pyridine rings is 1. The smallest absolute Gasteiger partial charge is 0.263 e. The molecule has 2 aromatic heterocycles. The Morgan fingerprint density at radius 2 is 2.04 bits per heavy atom. The third-order valence-corrected chi connectivity index (χ3v) is 5.39. The van der Waals surface area contributed by atoms with E-state index in [9.17, 15) is 14.4 Å². The molecule has 0 saturated heterocycles. The second-order valence-corrected chi connectivity index (χ2v) is 7.41. The number of nitrogens with one attached hydrogen (secondary N) is 2. The van der Waals surface area contributed by atoms with Crippen LogP contribution in [0.5, 0.6) is 0 Å². The van der Waals surface area contributed by atoms with Gasteiger partial charge in [0.1, 0.15) is 12.1 Å². The third kappa shape index (κ3) is 4.32. The van der Waals surface area contributed by atoms with Crippen LogP contribution in [0.1, 0.15) is 60.3 Å². The van der Waals surface area contributed by atoms with Crippen LogP contribution in [0.2, 0.25) is 0 Å². The highest BCUT2D eigenvalue weighted by Gasteiger charge is 2.21. The van der Waals surface area contributed by atoms with Gasteiger partial charge in [-0.1, -0.05) is 12.8 Å². The molecule has 1 unspecified atom stereocenters. The molecule has 0 aliphatic heterocycles. The Labute approximate surface area is 163 Å². The topological polar surface area (TPSA) is 98.0 Å². The SMILES string of the molecule is Cc1c(C(C)NC(=O)Cn2cccc(C(=O)NC3CCCC3)c2=O)cnn1C. The molecular formula is C20H27N5O3. The van der Waals surface area contributed by atoms with Gasteiger partial charge in [-0.2, -0.15) is 5.10 Å². The van der Waals surface area contributed by atoms with Crippen LogP contribution in [0.3, 0.4) is 0 Å². The zero-order chi connectivity index (χ0) is 20.3. The van der Waals surface area contributed by atoms with Crippen molar-refractivity contribution in [3.05, 3.63) is 51.7 Å². The van der Waals surface area contributed by atoms with Crippen molar-refractivity contribution in [2.24, 2.45) is 7.05 Å². The van der Waals surface area contributed by atoms with Crippen LogP contribution >= 0.6 is 0 Å². The second-order valence-electron chi connectivity index (χ2n) is 7.41. The van der Waals surface area contributed by atoms with E-state index in [4.69, 9.17) is 0 Å². The Hall–Kier alpha value is -2.90. The van der Waals surface area contributed by atoms with E-state index in [0.29, 0.717) is 0 Å². The van der Waals surface area contributed by atoms with Gasteiger partial charge in [0.2, 0.25) is 5.91 Å². The average Bonchev–Trinajstić information content (AvgIpc) is 3.27. The largest absolute Gasteiger partial charge is 0.349 e. The minimum atomic E-state index is -0.460. The first kappa shape index (κ1) is 19.9. The molecule has 2 heterocycles. The molecule has 1 saturated carbocycles. The normalized spacial score (nSPS) is 15.4. The Morgan fingerprint density at radius 3 is 2.68 bits per heavy atom. The van der Waals surface area contributed by atoms with E-state index in [-0.39, 0.29) is 36.0 Å². The van der Waals surface area contributed by atoms with E-state index >= 15 is 0 Å². The number of carbonyl (C=O) groups is 2. The molecule has 8 heteroatoms. The first-order valence-electron chi connectivity index (χ1n) is 9.65. The summed E-state index contributed by atoms with van der Waals surface area (Å²) in [5, 5.41) is 9.98. The third-order valence-electron chi connectivity index (χ3n) is 5.39. The summed E-state index contributed by atoms with van der Waals surface area (Å²) in [6.45, 7) is 3.66. The minimum Gasteiger partial charge on any atom is -0.349 e. The van der Waals surface area contributed by atoms with Gasteiger partial charge in [-0.25, -0.2) is 0 Å².